The summed E-state index contributed by atoms with van der Waals surface area (Å²) in [5.74, 6) is -0.478. The standard InChI is InChI=1S/C28H32F3NO4/c1-3-35-27(34)15-12-22-7-4-5-9-26(22)20(2)36-19-25(33)18-32-16-6-8-24(32)17-21-10-13-23(14-11-21)28(29,30)31/h4-5,7,9-15,20,24H,3,6,8,16-19H2,1-2H3/b15-12+/t20-,24+/m1/s1. The highest BCUT2D eigenvalue weighted by atomic mass is 19.4. The van der Waals surface area contributed by atoms with Crippen LogP contribution in [0.2, 0.25) is 0 Å². The van der Waals surface area contributed by atoms with Crippen LogP contribution in [0, 0.1) is 0 Å². The van der Waals surface area contributed by atoms with E-state index < -0.39 is 17.7 Å². The quantitative estimate of drug-likeness (QED) is 0.294. The van der Waals surface area contributed by atoms with E-state index in [1.807, 2.05) is 31.2 Å². The first-order valence-corrected chi connectivity index (χ1v) is 12.1. The summed E-state index contributed by atoms with van der Waals surface area (Å²) in [4.78, 5) is 26.4. The number of hydrogen-bond donors (Lipinski definition) is 0. The van der Waals surface area contributed by atoms with Crippen LogP contribution in [0.5, 0.6) is 0 Å². The Morgan fingerprint density at radius 3 is 2.56 bits per heavy atom. The van der Waals surface area contributed by atoms with Gasteiger partial charge in [0.1, 0.15) is 6.61 Å². The van der Waals surface area contributed by atoms with Gasteiger partial charge < -0.3 is 9.47 Å². The van der Waals surface area contributed by atoms with Gasteiger partial charge in [0.25, 0.3) is 0 Å². The number of ether oxygens (including phenoxy) is 2. The number of nitrogens with zero attached hydrogens (tertiary/aromatic N) is 1. The summed E-state index contributed by atoms with van der Waals surface area (Å²) < 4.78 is 49.2. The van der Waals surface area contributed by atoms with Crippen LogP contribution in [0.25, 0.3) is 6.08 Å². The molecule has 0 bridgehead atoms. The monoisotopic (exact) mass is 503 g/mol. The maximum atomic E-state index is 12.8. The third kappa shape index (κ3) is 8.03. The van der Waals surface area contributed by atoms with Crippen LogP contribution >= 0.6 is 0 Å². The summed E-state index contributed by atoms with van der Waals surface area (Å²) in [5, 5.41) is 0. The fraction of sp³-hybridized carbons (Fsp3) is 0.429. The molecule has 0 aromatic heterocycles. The summed E-state index contributed by atoms with van der Waals surface area (Å²) in [6, 6.07) is 12.8. The summed E-state index contributed by atoms with van der Waals surface area (Å²) in [6.07, 6.45) is 0.762. The Balaban J connectivity index is 1.52. The van der Waals surface area contributed by atoms with Crippen molar-refractivity contribution in [2.24, 2.45) is 0 Å². The van der Waals surface area contributed by atoms with Gasteiger partial charge in [-0.25, -0.2) is 4.79 Å². The Morgan fingerprint density at radius 1 is 1.14 bits per heavy atom. The van der Waals surface area contributed by atoms with Gasteiger partial charge in [0, 0.05) is 12.1 Å². The van der Waals surface area contributed by atoms with Crippen molar-refractivity contribution in [1.29, 1.82) is 0 Å². The highest BCUT2D eigenvalue weighted by Gasteiger charge is 2.31. The lowest BCUT2D eigenvalue weighted by Crippen LogP contribution is -2.37. The molecule has 194 valence electrons. The van der Waals surface area contributed by atoms with Crippen molar-refractivity contribution < 1.29 is 32.2 Å². The smallest absolute Gasteiger partial charge is 0.416 e. The van der Waals surface area contributed by atoms with Crippen LogP contribution in [0.3, 0.4) is 0 Å². The normalized spacial score (nSPS) is 17.4. The number of carbonyl (C=O) groups is 2. The van der Waals surface area contributed by atoms with Crippen LogP contribution in [0.15, 0.2) is 54.6 Å². The van der Waals surface area contributed by atoms with E-state index in [9.17, 15) is 22.8 Å². The van der Waals surface area contributed by atoms with Crippen molar-refractivity contribution in [2.75, 3.05) is 26.3 Å². The van der Waals surface area contributed by atoms with Gasteiger partial charge in [0.2, 0.25) is 0 Å². The molecule has 2 atom stereocenters. The first-order chi connectivity index (χ1) is 17.2. The minimum atomic E-state index is -4.35. The second-order valence-electron chi connectivity index (χ2n) is 8.87. The minimum Gasteiger partial charge on any atom is -0.463 e. The number of rotatable bonds is 11. The zero-order valence-corrected chi connectivity index (χ0v) is 20.6. The molecule has 3 rings (SSSR count). The van der Waals surface area contributed by atoms with Crippen molar-refractivity contribution in [2.45, 2.75) is 51.4 Å². The van der Waals surface area contributed by atoms with Crippen LogP contribution in [-0.2, 0) is 31.7 Å². The molecule has 5 nitrogen and oxygen atoms in total. The lowest BCUT2D eigenvalue weighted by atomic mass is 10.0. The van der Waals surface area contributed by atoms with Gasteiger partial charge >= 0.3 is 12.1 Å². The molecule has 0 N–H and O–H groups in total. The molecule has 1 saturated heterocycles. The number of alkyl halides is 3. The Kier molecular flexibility index (Phi) is 9.84. The largest absolute Gasteiger partial charge is 0.463 e. The van der Waals surface area contributed by atoms with Gasteiger partial charge in [-0.3, -0.25) is 9.69 Å². The highest BCUT2D eigenvalue weighted by Crippen LogP contribution is 2.30. The predicted molar refractivity (Wildman–Crippen MR) is 131 cm³/mol. The van der Waals surface area contributed by atoms with E-state index in [0.29, 0.717) is 13.0 Å². The maximum absolute atomic E-state index is 12.8. The molecule has 36 heavy (non-hydrogen) atoms. The van der Waals surface area contributed by atoms with E-state index in [2.05, 4.69) is 4.90 Å². The Morgan fingerprint density at radius 2 is 1.86 bits per heavy atom. The molecule has 0 saturated carbocycles. The Bertz CT molecular complexity index is 1050. The fourth-order valence-electron chi connectivity index (χ4n) is 4.40. The molecular formula is C28H32F3NO4. The second kappa shape index (κ2) is 12.8. The molecule has 8 heteroatoms. The first kappa shape index (κ1) is 27.6. The number of halogens is 3. The molecule has 1 aliphatic rings. The Hall–Kier alpha value is -2.97. The van der Waals surface area contributed by atoms with Gasteiger partial charge in [0.15, 0.2) is 5.78 Å². The summed E-state index contributed by atoms with van der Waals surface area (Å²) in [5.41, 5.74) is 1.83. The highest BCUT2D eigenvalue weighted by molar-refractivity contribution is 5.87. The van der Waals surface area contributed by atoms with Crippen molar-refractivity contribution in [3.05, 3.63) is 76.9 Å². The molecule has 0 aliphatic carbocycles. The Labute approximate surface area is 209 Å². The maximum Gasteiger partial charge on any atom is 0.416 e. The molecule has 0 spiro atoms. The minimum absolute atomic E-state index is 0.0549. The molecule has 1 fully saturated rings. The van der Waals surface area contributed by atoms with Crippen molar-refractivity contribution in [3.63, 3.8) is 0 Å². The van der Waals surface area contributed by atoms with Crippen molar-refractivity contribution in [3.8, 4) is 0 Å². The summed E-state index contributed by atoms with van der Waals surface area (Å²) in [7, 11) is 0. The molecule has 0 amide bonds. The average molecular weight is 504 g/mol. The van der Waals surface area contributed by atoms with Crippen LogP contribution in [0.1, 0.15) is 55.0 Å². The van der Waals surface area contributed by atoms with Crippen LogP contribution in [0.4, 0.5) is 13.2 Å². The van der Waals surface area contributed by atoms with E-state index >= 15 is 0 Å². The van der Waals surface area contributed by atoms with Gasteiger partial charge in [-0.05, 0) is 74.6 Å². The molecule has 2 aromatic rings. The third-order valence-corrected chi connectivity index (χ3v) is 6.24. The number of ketones is 1. The van der Waals surface area contributed by atoms with E-state index in [1.165, 1.54) is 18.2 Å². The van der Waals surface area contributed by atoms with Crippen molar-refractivity contribution >= 4 is 17.8 Å². The number of carbonyl (C=O) groups excluding carboxylic acids is 2. The van der Waals surface area contributed by atoms with Crippen LogP contribution in [-0.4, -0.2) is 49.0 Å². The number of Topliss-reactive ketones (excluding diaryl/α,β-unsaturated/α-hetero) is 1. The lowest BCUT2D eigenvalue weighted by Gasteiger charge is -2.24. The predicted octanol–water partition coefficient (Wildman–Crippen LogP) is 5.64. The number of esters is 1. The van der Waals surface area contributed by atoms with Gasteiger partial charge in [0.05, 0.1) is 24.8 Å². The fourth-order valence-corrected chi connectivity index (χ4v) is 4.40. The van der Waals surface area contributed by atoms with E-state index in [0.717, 1.165) is 48.2 Å². The van der Waals surface area contributed by atoms with Crippen molar-refractivity contribution in [1.82, 2.24) is 4.90 Å². The molecule has 1 aliphatic heterocycles. The second-order valence-corrected chi connectivity index (χ2v) is 8.87. The van der Waals surface area contributed by atoms with Crippen LogP contribution < -0.4 is 0 Å². The third-order valence-electron chi connectivity index (χ3n) is 6.24. The number of likely N-dealkylation sites (tertiary alicyclic amines) is 1. The first-order valence-electron chi connectivity index (χ1n) is 12.1. The molecule has 0 unspecified atom stereocenters. The zero-order valence-electron chi connectivity index (χ0n) is 20.6. The lowest BCUT2D eigenvalue weighted by molar-refractivity contribution is -0.138. The molecular weight excluding hydrogens is 471 g/mol. The zero-order chi connectivity index (χ0) is 26.1. The summed E-state index contributed by atoms with van der Waals surface area (Å²) >= 11 is 0. The topological polar surface area (TPSA) is 55.8 Å². The van der Waals surface area contributed by atoms with E-state index in [-0.39, 0.29) is 31.1 Å². The molecule has 0 radical (unpaired) electrons. The van der Waals surface area contributed by atoms with E-state index in [1.54, 1.807) is 13.0 Å². The van der Waals surface area contributed by atoms with Gasteiger partial charge in [-0.1, -0.05) is 36.4 Å². The number of hydrogen-bond acceptors (Lipinski definition) is 5. The SMILES string of the molecule is CCOC(=O)/C=C/c1ccccc1[C@@H](C)OCC(=O)CN1CCC[C@H]1Cc1ccc(C(F)(F)F)cc1. The molecule has 2 aromatic carbocycles. The van der Waals surface area contributed by atoms with Gasteiger partial charge in [-0.15, -0.1) is 0 Å². The van der Waals surface area contributed by atoms with Gasteiger partial charge in [-0.2, -0.15) is 13.2 Å². The summed E-state index contributed by atoms with van der Waals surface area (Å²) in [6.45, 7) is 4.85. The average Bonchev–Trinajstić information content (AvgIpc) is 3.27. The number of benzene rings is 2. The van der Waals surface area contributed by atoms with E-state index in [4.69, 9.17) is 9.47 Å². The molecule has 1 heterocycles.